The van der Waals surface area contributed by atoms with E-state index in [1.165, 1.54) is 30.3 Å². The second-order valence-electron chi connectivity index (χ2n) is 4.60. The van der Waals surface area contributed by atoms with Crippen LogP contribution in [0, 0.1) is 0 Å². The number of H-pyrrole nitrogens is 1. The lowest BCUT2D eigenvalue weighted by Gasteiger charge is -2.09. The van der Waals surface area contributed by atoms with E-state index in [9.17, 15) is 13.5 Å². The zero-order valence-electron chi connectivity index (χ0n) is 10.9. The summed E-state index contributed by atoms with van der Waals surface area (Å²) in [6, 6.07) is 12.5. The molecule has 1 heterocycles. The molecule has 1 aromatic heterocycles. The quantitative estimate of drug-likeness (QED) is 0.556. The number of para-hydroxylation sites is 1. The van der Waals surface area contributed by atoms with Crippen molar-refractivity contribution in [3.05, 3.63) is 48.5 Å². The van der Waals surface area contributed by atoms with Crippen LogP contribution in [0.5, 0.6) is 5.88 Å². The Morgan fingerprint density at radius 1 is 1.10 bits per heavy atom. The molecule has 0 bridgehead atoms. The summed E-state index contributed by atoms with van der Waals surface area (Å²) < 4.78 is 27.2. The van der Waals surface area contributed by atoms with Gasteiger partial charge in [0.05, 0.1) is 16.1 Å². The summed E-state index contributed by atoms with van der Waals surface area (Å²) in [5, 5.41) is 10.2. The molecule has 0 aliphatic rings. The molecule has 6 nitrogen and oxygen atoms in total. The summed E-state index contributed by atoms with van der Waals surface area (Å²) >= 11 is 0. The predicted molar refractivity (Wildman–Crippen MR) is 81.6 cm³/mol. The highest BCUT2D eigenvalue weighted by Crippen LogP contribution is 2.28. The Labute approximate surface area is 121 Å². The lowest BCUT2D eigenvalue weighted by molar-refractivity contribution is 0.458. The number of hydrogen-bond donors (Lipinski definition) is 4. The minimum Gasteiger partial charge on any atom is -0.495 e. The summed E-state index contributed by atoms with van der Waals surface area (Å²) in [5.41, 5.74) is 6.93. The van der Waals surface area contributed by atoms with E-state index in [0.717, 1.165) is 0 Å². The minimum atomic E-state index is -3.72. The highest BCUT2D eigenvalue weighted by atomic mass is 32.2. The van der Waals surface area contributed by atoms with Crippen molar-refractivity contribution in [1.29, 1.82) is 0 Å². The number of benzene rings is 2. The van der Waals surface area contributed by atoms with E-state index in [1.54, 1.807) is 18.2 Å². The molecular formula is C14H13N3O3S. The van der Waals surface area contributed by atoms with Crippen LogP contribution < -0.4 is 10.5 Å². The molecule has 5 N–H and O–H groups in total. The maximum atomic E-state index is 12.3. The van der Waals surface area contributed by atoms with E-state index in [-0.39, 0.29) is 10.8 Å². The van der Waals surface area contributed by atoms with Crippen LogP contribution in [0.1, 0.15) is 0 Å². The van der Waals surface area contributed by atoms with Crippen LogP contribution in [0.25, 0.3) is 10.9 Å². The number of fused-ring (bicyclic) bond motifs is 1. The van der Waals surface area contributed by atoms with Crippen LogP contribution >= 0.6 is 0 Å². The zero-order chi connectivity index (χ0) is 15.0. The first-order valence-electron chi connectivity index (χ1n) is 6.15. The number of hydrogen-bond acceptors (Lipinski definition) is 4. The van der Waals surface area contributed by atoms with Gasteiger partial charge in [-0.2, -0.15) is 0 Å². The van der Waals surface area contributed by atoms with Crippen LogP contribution in [0.4, 0.5) is 11.4 Å². The predicted octanol–water partition coefficient (Wildman–Crippen LogP) is 2.26. The number of anilines is 2. The number of rotatable bonds is 3. The molecule has 3 rings (SSSR count). The molecule has 0 aliphatic carbocycles. The molecule has 7 heteroatoms. The van der Waals surface area contributed by atoms with Crippen molar-refractivity contribution in [1.82, 2.24) is 4.98 Å². The highest BCUT2D eigenvalue weighted by Gasteiger charge is 2.16. The molecular weight excluding hydrogens is 290 g/mol. The van der Waals surface area contributed by atoms with E-state index in [0.29, 0.717) is 22.3 Å². The highest BCUT2D eigenvalue weighted by molar-refractivity contribution is 7.92. The van der Waals surface area contributed by atoms with Crippen molar-refractivity contribution < 1.29 is 13.5 Å². The van der Waals surface area contributed by atoms with Gasteiger partial charge in [0.2, 0.25) is 0 Å². The number of nitrogens with two attached hydrogens (primary N) is 1. The summed E-state index contributed by atoms with van der Waals surface area (Å²) in [7, 11) is -3.72. The van der Waals surface area contributed by atoms with Crippen molar-refractivity contribution >= 4 is 32.3 Å². The molecule has 0 aliphatic heterocycles. The topological polar surface area (TPSA) is 108 Å². The van der Waals surface area contributed by atoms with Gasteiger partial charge in [0.25, 0.3) is 10.0 Å². The van der Waals surface area contributed by atoms with Crippen molar-refractivity contribution in [3.63, 3.8) is 0 Å². The van der Waals surface area contributed by atoms with Crippen molar-refractivity contribution in [3.8, 4) is 5.88 Å². The summed E-state index contributed by atoms with van der Waals surface area (Å²) in [5.74, 6) is -0.0240. The van der Waals surface area contributed by atoms with Crippen molar-refractivity contribution in [2.45, 2.75) is 4.90 Å². The van der Waals surface area contributed by atoms with Crippen LogP contribution in [0.3, 0.4) is 0 Å². The van der Waals surface area contributed by atoms with Crippen LogP contribution in [0.15, 0.2) is 53.4 Å². The average Bonchev–Trinajstić information content (AvgIpc) is 2.80. The fourth-order valence-corrected chi connectivity index (χ4v) is 3.15. The Bertz CT molecular complexity index is 899. The van der Waals surface area contributed by atoms with Crippen LogP contribution in [0.2, 0.25) is 0 Å². The molecule has 0 spiro atoms. The fourth-order valence-electron chi connectivity index (χ4n) is 2.08. The number of nitrogens with one attached hydrogen (secondary N) is 2. The molecule has 0 radical (unpaired) electrons. The smallest absolute Gasteiger partial charge is 0.261 e. The van der Waals surface area contributed by atoms with Gasteiger partial charge in [0.1, 0.15) is 0 Å². The molecule has 108 valence electrons. The molecule has 0 fully saturated rings. The van der Waals surface area contributed by atoms with E-state index in [1.807, 2.05) is 0 Å². The van der Waals surface area contributed by atoms with Gasteiger partial charge in [-0.05, 0) is 30.3 Å². The van der Waals surface area contributed by atoms with E-state index in [2.05, 4.69) is 9.71 Å². The maximum Gasteiger partial charge on any atom is 0.261 e. The number of aromatic nitrogens is 1. The Balaban J connectivity index is 2.03. The Morgan fingerprint density at radius 3 is 2.52 bits per heavy atom. The van der Waals surface area contributed by atoms with Crippen LogP contribution in [-0.2, 0) is 10.0 Å². The maximum absolute atomic E-state index is 12.3. The molecule has 0 amide bonds. The number of sulfonamides is 1. The summed E-state index contributed by atoms with van der Waals surface area (Å²) in [6.07, 6.45) is 0. The molecule has 0 saturated heterocycles. The van der Waals surface area contributed by atoms with Gasteiger partial charge in [-0.1, -0.05) is 12.1 Å². The second kappa shape index (κ2) is 4.71. The SMILES string of the molecule is Nc1ccc(S(=O)(=O)Nc2cccc3cc(O)[nH]c23)cc1. The van der Waals surface area contributed by atoms with Gasteiger partial charge >= 0.3 is 0 Å². The number of aromatic amines is 1. The first kappa shape index (κ1) is 13.3. The van der Waals surface area contributed by atoms with Gasteiger partial charge < -0.3 is 15.8 Å². The first-order valence-corrected chi connectivity index (χ1v) is 7.63. The molecule has 0 atom stereocenters. The summed E-state index contributed by atoms with van der Waals surface area (Å²) in [4.78, 5) is 2.83. The number of aromatic hydroxyl groups is 1. The lowest BCUT2D eigenvalue weighted by Crippen LogP contribution is -2.13. The molecule has 0 unspecified atom stereocenters. The molecule has 21 heavy (non-hydrogen) atoms. The average molecular weight is 303 g/mol. The summed E-state index contributed by atoms with van der Waals surface area (Å²) in [6.45, 7) is 0. The Kier molecular flexibility index (Phi) is 2.99. The van der Waals surface area contributed by atoms with Gasteiger partial charge in [-0.3, -0.25) is 4.72 Å². The van der Waals surface area contributed by atoms with E-state index in [4.69, 9.17) is 5.73 Å². The van der Waals surface area contributed by atoms with Crippen LogP contribution in [-0.4, -0.2) is 18.5 Å². The third kappa shape index (κ3) is 2.50. The van der Waals surface area contributed by atoms with Crippen molar-refractivity contribution in [2.75, 3.05) is 10.5 Å². The normalized spacial score (nSPS) is 11.6. The Morgan fingerprint density at radius 2 is 1.81 bits per heavy atom. The van der Waals surface area contributed by atoms with E-state index < -0.39 is 10.0 Å². The largest absolute Gasteiger partial charge is 0.495 e. The Hall–Kier alpha value is -2.67. The number of nitrogen functional groups attached to an aromatic ring is 1. The van der Waals surface area contributed by atoms with E-state index >= 15 is 0 Å². The second-order valence-corrected chi connectivity index (χ2v) is 6.28. The minimum absolute atomic E-state index is 0.0240. The molecule has 3 aromatic rings. The van der Waals surface area contributed by atoms with Gasteiger partial charge in [-0.25, -0.2) is 8.42 Å². The van der Waals surface area contributed by atoms with Gasteiger partial charge in [0, 0.05) is 17.1 Å². The van der Waals surface area contributed by atoms with Gasteiger partial charge in [0.15, 0.2) is 5.88 Å². The third-order valence-corrected chi connectivity index (χ3v) is 4.46. The van der Waals surface area contributed by atoms with Gasteiger partial charge in [-0.15, -0.1) is 0 Å². The third-order valence-electron chi connectivity index (χ3n) is 3.08. The molecule has 0 saturated carbocycles. The standard InChI is InChI=1S/C14H13N3O3S/c15-10-4-6-11(7-5-10)21(19,20)17-12-3-1-2-9-8-13(18)16-14(9)12/h1-8,16-18H,15H2. The lowest BCUT2D eigenvalue weighted by atomic mass is 10.2. The van der Waals surface area contributed by atoms with Crippen molar-refractivity contribution in [2.24, 2.45) is 0 Å². The fraction of sp³-hybridized carbons (Fsp3) is 0. The molecule has 2 aromatic carbocycles. The monoisotopic (exact) mass is 303 g/mol. The first-order chi connectivity index (χ1) is 9.95. The zero-order valence-corrected chi connectivity index (χ0v) is 11.7.